The number of aliphatic hydroxyl groups excluding tert-OH is 1. The highest BCUT2D eigenvalue weighted by Crippen LogP contribution is 2.37. The van der Waals surface area contributed by atoms with Crippen molar-refractivity contribution < 1.29 is 5.11 Å². The van der Waals surface area contributed by atoms with Gasteiger partial charge in [-0.05, 0) is 36.8 Å². The zero-order chi connectivity index (χ0) is 10.1. The van der Waals surface area contributed by atoms with Gasteiger partial charge in [0.25, 0.3) is 0 Å². The lowest BCUT2D eigenvalue weighted by Gasteiger charge is -2.20. The Kier molecular flexibility index (Phi) is 4.14. The lowest BCUT2D eigenvalue weighted by atomic mass is 9.95. The van der Waals surface area contributed by atoms with Crippen molar-refractivity contribution in [1.29, 1.82) is 0 Å². The van der Waals surface area contributed by atoms with Gasteiger partial charge < -0.3 is 10.8 Å². The molecule has 0 heterocycles. The molecule has 0 bridgehead atoms. The van der Waals surface area contributed by atoms with Crippen molar-refractivity contribution in [3.8, 4) is 0 Å². The third kappa shape index (κ3) is 2.71. The van der Waals surface area contributed by atoms with E-state index in [4.69, 9.17) is 5.73 Å². The topological polar surface area (TPSA) is 46.2 Å². The van der Waals surface area contributed by atoms with E-state index < -0.39 is 0 Å². The van der Waals surface area contributed by atoms with Crippen molar-refractivity contribution in [2.24, 2.45) is 11.7 Å². The molecule has 2 rings (SSSR count). The maximum Gasteiger partial charge on any atom is 0.0760 e. The largest absolute Gasteiger partial charge is 0.391 e. The maximum atomic E-state index is 9.91. The summed E-state index contributed by atoms with van der Waals surface area (Å²) in [5, 5.41) is 9.91. The van der Waals surface area contributed by atoms with Gasteiger partial charge >= 0.3 is 0 Å². The molecule has 0 aromatic heterocycles. The van der Waals surface area contributed by atoms with Gasteiger partial charge in [0, 0.05) is 0 Å². The van der Waals surface area contributed by atoms with Gasteiger partial charge in [-0.1, -0.05) is 24.3 Å². The number of hydrogen-bond acceptors (Lipinski definition) is 2. The molecule has 3 heteroatoms. The van der Waals surface area contributed by atoms with Gasteiger partial charge in [0.15, 0.2) is 0 Å². The first-order chi connectivity index (χ1) is 6.70. The second kappa shape index (κ2) is 4.97. The van der Waals surface area contributed by atoms with Crippen molar-refractivity contribution in [2.75, 3.05) is 0 Å². The summed E-state index contributed by atoms with van der Waals surface area (Å²) in [6.45, 7) is 2.04. The number of benzene rings is 1. The first-order valence-electron chi connectivity index (χ1n) is 5.19. The number of nitrogens with two attached hydrogens (primary N) is 1. The fraction of sp³-hybridized carbons (Fsp3) is 0.500. The van der Waals surface area contributed by atoms with Crippen molar-refractivity contribution in [1.82, 2.24) is 0 Å². The van der Waals surface area contributed by atoms with Gasteiger partial charge in [-0.15, -0.1) is 12.4 Å². The molecule has 1 aromatic carbocycles. The quantitative estimate of drug-likeness (QED) is 0.832. The number of halogens is 1. The Balaban J connectivity index is 0.00000112. The van der Waals surface area contributed by atoms with Crippen LogP contribution in [-0.2, 0) is 0 Å². The zero-order valence-electron chi connectivity index (χ0n) is 8.89. The molecule has 1 fully saturated rings. The summed E-state index contributed by atoms with van der Waals surface area (Å²) in [6, 6.07) is 7.79. The molecule has 3 N–H and O–H groups in total. The van der Waals surface area contributed by atoms with Crippen LogP contribution in [0.2, 0.25) is 0 Å². The fourth-order valence-corrected chi connectivity index (χ4v) is 1.88. The van der Waals surface area contributed by atoms with Crippen LogP contribution in [0.3, 0.4) is 0 Å². The van der Waals surface area contributed by atoms with Crippen LogP contribution in [0.4, 0.5) is 0 Å². The molecule has 0 saturated heterocycles. The van der Waals surface area contributed by atoms with E-state index in [9.17, 15) is 5.11 Å². The second-order valence-electron chi connectivity index (χ2n) is 4.21. The summed E-state index contributed by atoms with van der Waals surface area (Å²) in [5.41, 5.74) is 8.27. The number of rotatable bonds is 3. The Bertz CT molecular complexity index is 325. The highest BCUT2D eigenvalue weighted by molar-refractivity contribution is 5.85. The smallest absolute Gasteiger partial charge is 0.0760 e. The minimum atomic E-state index is -0.365. The Morgan fingerprint density at radius 3 is 2.47 bits per heavy atom. The number of aliphatic hydroxyl groups is 1. The van der Waals surface area contributed by atoms with E-state index in [1.165, 1.54) is 5.56 Å². The molecular formula is C12H18ClNO. The number of hydrogen-bond donors (Lipinski definition) is 2. The summed E-state index contributed by atoms with van der Waals surface area (Å²) in [6.07, 6.45) is 1.89. The molecule has 1 aromatic rings. The van der Waals surface area contributed by atoms with E-state index in [-0.39, 0.29) is 24.6 Å². The first-order valence-corrected chi connectivity index (χ1v) is 5.19. The molecule has 1 aliphatic rings. The fourth-order valence-electron chi connectivity index (χ4n) is 1.88. The van der Waals surface area contributed by atoms with Gasteiger partial charge in [0.1, 0.15) is 0 Å². The van der Waals surface area contributed by atoms with Crippen LogP contribution in [0.5, 0.6) is 0 Å². The Hall–Kier alpha value is -0.570. The number of aryl methyl sites for hydroxylation is 1. The van der Waals surface area contributed by atoms with Crippen LogP contribution in [0.1, 0.15) is 30.0 Å². The normalized spacial score (nSPS) is 19.1. The van der Waals surface area contributed by atoms with E-state index in [1.54, 1.807) is 0 Å². The van der Waals surface area contributed by atoms with Crippen molar-refractivity contribution >= 4 is 12.4 Å². The monoisotopic (exact) mass is 227 g/mol. The van der Waals surface area contributed by atoms with Crippen LogP contribution in [-0.4, -0.2) is 11.2 Å². The zero-order valence-corrected chi connectivity index (χ0v) is 9.70. The Morgan fingerprint density at radius 2 is 1.93 bits per heavy atom. The van der Waals surface area contributed by atoms with Gasteiger partial charge in [-0.2, -0.15) is 0 Å². The SMILES string of the molecule is Cc1ccccc1[C@@H](N)[C@@H](O)C1CC1.Cl. The van der Waals surface area contributed by atoms with E-state index in [0.717, 1.165) is 18.4 Å². The summed E-state index contributed by atoms with van der Waals surface area (Å²) >= 11 is 0. The summed E-state index contributed by atoms with van der Waals surface area (Å²) < 4.78 is 0. The molecule has 0 amide bonds. The molecule has 2 atom stereocenters. The molecule has 1 aliphatic carbocycles. The summed E-state index contributed by atoms with van der Waals surface area (Å²) in [4.78, 5) is 0. The Morgan fingerprint density at radius 1 is 1.33 bits per heavy atom. The van der Waals surface area contributed by atoms with E-state index in [0.29, 0.717) is 5.92 Å². The predicted octanol–water partition coefficient (Wildman–Crippen LogP) is 2.19. The molecule has 1 saturated carbocycles. The maximum absolute atomic E-state index is 9.91. The minimum Gasteiger partial charge on any atom is -0.391 e. The standard InChI is InChI=1S/C12H17NO.ClH/c1-8-4-2-3-5-10(8)11(13)12(14)9-6-7-9;/h2-5,9,11-12,14H,6-7,13H2,1H3;1H/t11-,12+;/m1./s1. The highest BCUT2D eigenvalue weighted by Gasteiger charge is 2.34. The molecule has 0 spiro atoms. The molecule has 2 nitrogen and oxygen atoms in total. The van der Waals surface area contributed by atoms with Crippen LogP contribution >= 0.6 is 12.4 Å². The van der Waals surface area contributed by atoms with E-state index in [1.807, 2.05) is 31.2 Å². The van der Waals surface area contributed by atoms with E-state index in [2.05, 4.69) is 0 Å². The van der Waals surface area contributed by atoms with E-state index >= 15 is 0 Å². The molecule has 0 radical (unpaired) electrons. The lowest BCUT2D eigenvalue weighted by Crippen LogP contribution is -2.28. The molecular weight excluding hydrogens is 210 g/mol. The van der Waals surface area contributed by atoms with Crippen molar-refractivity contribution in [3.63, 3.8) is 0 Å². The minimum absolute atomic E-state index is 0. The average molecular weight is 228 g/mol. The molecule has 84 valence electrons. The average Bonchev–Trinajstić information content (AvgIpc) is 3.00. The highest BCUT2D eigenvalue weighted by atomic mass is 35.5. The van der Waals surface area contributed by atoms with Gasteiger partial charge in [0.2, 0.25) is 0 Å². The van der Waals surface area contributed by atoms with Gasteiger partial charge in [0.05, 0.1) is 12.1 Å². The second-order valence-corrected chi connectivity index (χ2v) is 4.21. The van der Waals surface area contributed by atoms with Crippen LogP contribution in [0, 0.1) is 12.8 Å². The van der Waals surface area contributed by atoms with Crippen molar-refractivity contribution in [3.05, 3.63) is 35.4 Å². The van der Waals surface area contributed by atoms with Crippen LogP contribution in [0.25, 0.3) is 0 Å². The third-order valence-electron chi connectivity index (χ3n) is 3.02. The molecule has 15 heavy (non-hydrogen) atoms. The third-order valence-corrected chi connectivity index (χ3v) is 3.02. The predicted molar refractivity (Wildman–Crippen MR) is 64.1 cm³/mol. The molecule has 0 aliphatic heterocycles. The van der Waals surface area contributed by atoms with Gasteiger partial charge in [-0.3, -0.25) is 0 Å². The summed E-state index contributed by atoms with van der Waals surface area (Å²) in [5.74, 6) is 0.435. The van der Waals surface area contributed by atoms with Crippen LogP contribution < -0.4 is 5.73 Å². The lowest BCUT2D eigenvalue weighted by molar-refractivity contribution is 0.122. The molecule has 0 unspecified atom stereocenters. The summed E-state index contributed by atoms with van der Waals surface area (Å²) in [7, 11) is 0. The van der Waals surface area contributed by atoms with Crippen LogP contribution in [0.15, 0.2) is 24.3 Å². The van der Waals surface area contributed by atoms with Crippen molar-refractivity contribution in [2.45, 2.75) is 31.9 Å². The Labute approximate surface area is 96.9 Å². The first kappa shape index (κ1) is 12.5. The van der Waals surface area contributed by atoms with Gasteiger partial charge in [-0.25, -0.2) is 0 Å².